The number of hydrogen-bond donors (Lipinski definition) is 3. The summed E-state index contributed by atoms with van der Waals surface area (Å²) >= 11 is 0. The second-order valence-electron chi connectivity index (χ2n) is 6.52. The van der Waals surface area contributed by atoms with Crippen molar-refractivity contribution in [3.63, 3.8) is 0 Å². The lowest BCUT2D eigenvalue weighted by Crippen LogP contribution is -2.43. The van der Waals surface area contributed by atoms with Gasteiger partial charge in [0.05, 0.1) is 19.1 Å². The third kappa shape index (κ3) is 5.04. The van der Waals surface area contributed by atoms with Crippen LogP contribution in [0.3, 0.4) is 0 Å². The number of aryl methyl sites for hydroxylation is 1. The van der Waals surface area contributed by atoms with Gasteiger partial charge in [-0.1, -0.05) is 0 Å². The zero-order chi connectivity index (χ0) is 18.4. The minimum absolute atomic E-state index is 0.0142. The molecule has 2 aliphatic rings. The van der Waals surface area contributed by atoms with Gasteiger partial charge < -0.3 is 25.6 Å². The van der Waals surface area contributed by atoms with Crippen LogP contribution >= 0.6 is 0 Å². The molecule has 3 heterocycles. The fourth-order valence-corrected chi connectivity index (χ4v) is 3.07. The van der Waals surface area contributed by atoms with Gasteiger partial charge in [0.2, 0.25) is 11.8 Å². The van der Waals surface area contributed by atoms with Crippen molar-refractivity contribution >= 4 is 23.5 Å². The number of carbonyl (C=O) groups excluding carboxylic acids is 2. The summed E-state index contributed by atoms with van der Waals surface area (Å²) in [5.74, 6) is 2.22. The number of piperidine rings is 1. The van der Waals surface area contributed by atoms with Gasteiger partial charge in [-0.3, -0.25) is 9.59 Å². The van der Waals surface area contributed by atoms with Crippen molar-refractivity contribution in [3.8, 4) is 0 Å². The summed E-state index contributed by atoms with van der Waals surface area (Å²) in [7, 11) is 0. The Hall–Kier alpha value is -2.42. The van der Waals surface area contributed by atoms with Crippen LogP contribution in [0.4, 0.5) is 11.6 Å². The lowest BCUT2D eigenvalue weighted by atomic mass is 9.98. The molecule has 1 aromatic heterocycles. The molecule has 9 heteroatoms. The number of ether oxygens (including phenoxy) is 1. The standard InChI is InChI=1S/C17H26N6O3/c1-12-21-14(10-15(22-12)23-6-8-26-9-7-23)18-4-5-19-17(25)13-2-3-16(24)20-11-13/h10,13H,2-9,11H2,1H3,(H,19,25)(H,20,24)(H,18,21,22). The molecule has 2 amide bonds. The summed E-state index contributed by atoms with van der Waals surface area (Å²) in [5, 5.41) is 8.87. The van der Waals surface area contributed by atoms with E-state index in [4.69, 9.17) is 4.74 Å². The summed E-state index contributed by atoms with van der Waals surface area (Å²) in [4.78, 5) is 34.3. The van der Waals surface area contributed by atoms with Gasteiger partial charge in [-0.05, 0) is 13.3 Å². The van der Waals surface area contributed by atoms with Crippen LogP contribution in [0.25, 0.3) is 0 Å². The number of morpholine rings is 1. The number of anilines is 2. The highest BCUT2D eigenvalue weighted by Crippen LogP contribution is 2.17. The van der Waals surface area contributed by atoms with Gasteiger partial charge in [-0.2, -0.15) is 0 Å². The predicted octanol–water partition coefficient (Wildman–Crippen LogP) is -0.324. The average molecular weight is 362 g/mol. The molecule has 142 valence electrons. The molecule has 0 spiro atoms. The fraction of sp³-hybridized carbons (Fsp3) is 0.647. The lowest BCUT2D eigenvalue weighted by Gasteiger charge is -2.28. The fourth-order valence-electron chi connectivity index (χ4n) is 3.07. The van der Waals surface area contributed by atoms with E-state index in [-0.39, 0.29) is 17.7 Å². The molecule has 0 saturated carbocycles. The molecule has 3 rings (SSSR count). The number of rotatable bonds is 6. The van der Waals surface area contributed by atoms with E-state index < -0.39 is 0 Å². The van der Waals surface area contributed by atoms with Crippen LogP contribution in [0.15, 0.2) is 6.07 Å². The minimum Gasteiger partial charge on any atom is -0.378 e. The zero-order valence-electron chi connectivity index (χ0n) is 15.1. The Balaban J connectivity index is 1.45. The number of hydrogen-bond acceptors (Lipinski definition) is 7. The summed E-state index contributed by atoms with van der Waals surface area (Å²) in [5.41, 5.74) is 0. The van der Waals surface area contributed by atoms with Gasteiger partial charge in [-0.15, -0.1) is 0 Å². The molecule has 0 aromatic carbocycles. The second-order valence-corrected chi connectivity index (χ2v) is 6.52. The first-order valence-corrected chi connectivity index (χ1v) is 9.08. The Morgan fingerprint density at radius 3 is 2.88 bits per heavy atom. The van der Waals surface area contributed by atoms with E-state index in [1.54, 1.807) is 0 Å². The van der Waals surface area contributed by atoms with Crippen LogP contribution in [0.1, 0.15) is 18.7 Å². The Labute approximate surface area is 152 Å². The Morgan fingerprint density at radius 2 is 2.15 bits per heavy atom. The van der Waals surface area contributed by atoms with Crippen LogP contribution in [0.5, 0.6) is 0 Å². The van der Waals surface area contributed by atoms with Gasteiger partial charge in [0, 0.05) is 45.2 Å². The topological polar surface area (TPSA) is 108 Å². The SMILES string of the molecule is Cc1nc(NCCNC(=O)C2CCC(=O)NC2)cc(N2CCOCC2)n1. The monoisotopic (exact) mass is 362 g/mol. The first kappa shape index (κ1) is 18.4. The van der Waals surface area contributed by atoms with Crippen molar-refractivity contribution in [2.45, 2.75) is 19.8 Å². The Kier molecular flexibility index (Phi) is 6.21. The molecule has 0 aliphatic carbocycles. The molecule has 2 saturated heterocycles. The van der Waals surface area contributed by atoms with Crippen LogP contribution in [0, 0.1) is 12.8 Å². The quantitative estimate of drug-likeness (QED) is 0.595. The van der Waals surface area contributed by atoms with Crippen molar-refractivity contribution in [2.24, 2.45) is 5.92 Å². The molecule has 3 N–H and O–H groups in total. The number of amides is 2. The maximum Gasteiger partial charge on any atom is 0.224 e. The molecule has 0 bridgehead atoms. The van der Waals surface area contributed by atoms with E-state index >= 15 is 0 Å². The maximum absolute atomic E-state index is 12.1. The first-order chi connectivity index (χ1) is 12.6. The van der Waals surface area contributed by atoms with Crippen molar-refractivity contribution in [1.29, 1.82) is 0 Å². The highest BCUT2D eigenvalue weighted by Gasteiger charge is 2.23. The molecule has 0 radical (unpaired) electrons. The Bertz CT molecular complexity index is 637. The number of aromatic nitrogens is 2. The second kappa shape index (κ2) is 8.79. The Morgan fingerprint density at radius 1 is 1.35 bits per heavy atom. The molecule has 9 nitrogen and oxygen atoms in total. The van der Waals surface area contributed by atoms with Crippen molar-refractivity contribution in [1.82, 2.24) is 20.6 Å². The predicted molar refractivity (Wildman–Crippen MR) is 97.0 cm³/mol. The molecule has 1 aromatic rings. The highest BCUT2D eigenvalue weighted by atomic mass is 16.5. The van der Waals surface area contributed by atoms with Gasteiger partial charge in [0.15, 0.2) is 0 Å². The average Bonchev–Trinajstić information content (AvgIpc) is 2.66. The molecule has 26 heavy (non-hydrogen) atoms. The van der Waals surface area contributed by atoms with E-state index in [0.29, 0.717) is 51.5 Å². The molecule has 2 aliphatic heterocycles. The summed E-state index contributed by atoms with van der Waals surface area (Å²) in [6.07, 6.45) is 1.03. The van der Waals surface area contributed by atoms with Crippen LogP contribution in [-0.4, -0.2) is 67.7 Å². The molecular formula is C17H26N6O3. The normalized spacial score (nSPS) is 20.4. The third-order valence-electron chi connectivity index (χ3n) is 4.53. The van der Waals surface area contributed by atoms with E-state index in [0.717, 1.165) is 24.7 Å². The van der Waals surface area contributed by atoms with Gasteiger partial charge in [-0.25, -0.2) is 9.97 Å². The lowest BCUT2D eigenvalue weighted by molar-refractivity contribution is -0.128. The van der Waals surface area contributed by atoms with Crippen molar-refractivity contribution < 1.29 is 14.3 Å². The zero-order valence-corrected chi connectivity index (χ0v) is 15.1. The third-order valence-corrected chi connectivity index (χ3v) is 4.53. The maximum atomic E-state index is 12.1. The molecule has 1 unspecified atom stereocenters. The van der Waals surface area contributed by atoms with Crippen molar-refractivity contribution in [3.05, 3.63) is 11.9 Å². The number of nitrogens with one attached hydrogen (secondary N) is 3. The van der Waals surface area contributed by atoms with E-state index in [1.807, 2.05) is 13.0 Å². The smallest absolute Gasteiger partial charge is 0.224 e. The van der Waals surface area contributed by atoms with Gasteiger partial charge in [0.1, 0.15) is 17.5 Å². The van der Waals surface area contributed by atoms with Gasteiger partial charge in [0.25, 0.3) is 0 Å². The van der Waals surface area contributed by atoms with E-state index in [9.17, 15) is 9.59 Å². The number of carbonyl (C=O) groups is 2. The highest BCUT2D eigenvalue weighted by molar-refractivity contribution is 5.83. The van der Waals surface area contributed by atoms with E-state index in [1.165, 1.54) is 0 Å². The first-order valence-electron chi connectivity index (χ1n) is 9.08. The largest absolute Gasteiger partial charge is 0.378 e. The molecular weight excluding hydrogens is 336 g/mol. The van der Waals surface area contributed by atoms with Gasteiger partial charge >= 0.3 is 0 Å². The van der Waals surface area contributed by atoms with E-state index in [2.05, 4.69) is 30.8 Å². The molecule has 1 atom stereocenters. The minimum atomic E-state index is -0.137. The van der Waals surface area contributed by atoms with Crippen molar-refractivity contribution in [2.75, 3.05) is 56.2 Å². The molecule has 2 fully saturated rings. The van der Waals surface area contributed by atoms with Crippen LogP contribution in [-0.2, 0) is 14.3 Å². The summed E-state index contributed by atoms with van der Waals surface area (Å²) < 4.78 is 5.38. The van der Waals surface area contributed by atoms with Crippen LogP contribution < -0.4 is 20.9 Å². The van der Waals surface area contributed by atoms with Crippen LogP contribution in [0.2, 0.25) is 0 Å². The number of nitrogens with zero attached hydrogens (tertiary/aromatic N) is 3. The summed E-state index contributed by atoms with van der Waals surface area (Å²) in [6.45, 7) is 6.43. The summed E-state index contributed by atoms with van der Waals surface area (Å²) in [6, 6.07) is 1.93.